The summed E-state index contributed by atoms with van der Waals surface area (Å²) < 4.78 is 10.6. The highest BCUT2D eigenvalue weighted by Crippen LogP contribution is 2.30. The Kier molecular flexibility index (Phi) is 5.93. The predicted octanol–water partition coefficient (Wildman–Crippen LogP) is 4.45. The van der Waals surface area contributed by atoms with Crippen molar-refractivity contribution < 1.29 is 19.1 Å². The summed E-state index contributed by atoms with van der Waals surface area (Å²) in [6.45, 7) is 3.64. The Morgan fingerprint density at radius 3 is 2.89 bits per heavy atom. The van der Waals surface area contributed by atoms with Crippen LogP contribution in [0.15, 0.2) is 36.5 Å². The second-order valence-corrected chi connectivity index (χ2v) is 7.08. The largest absolute Gasteiger partial charge is 0.481 e. The number of nitrogens with one attached hydrogen (secondary N) is 1. The zero-order chi connectivity index (χ0) is 19.4. The van der Waals surface area contributed by atoms with E-state index in [9.17, 15) is 9.59 Å². The van der Waals surface area contributed by atoms with E-state index in [0.29, 0.717) is 32.8 Å². The minimum Gasteiger partial charge on any atom is -0.481 e. The fourth-order valence-electron chi connectivity index (χ4n) is 2.49. The maximum atomic E-state index is 12.2. The Morgan fingerprint density at radius 1 is 1.30 bits per heavy atom. The van der Waals surface area contributed by atoms with E-state index in [4.69, 9.17) is 21.1 Å². The summed E-state index contributed by atoms with van der Waals surface area (Å²) in [5.74, 6) is -0.263. The number of nitrogens with zero attached hydrogens (tertiary/aromatic N) is 1. The molecule has 2 heterocycles. The molecule has 27 heavy (non-hydrogen) atoms. The van der Waals surface area contributed by atoms with Gasteiger partial charge >= 0.3 is 5.97 Å². The summed E-state index contributed by atoms with van der Waals surface area (Å²) in [6.07, 6.45) is 1.64. The van der Waals surface area contributed by atoms with Crippen LogP contribution in [0, 0.1) is 6.92 Å². The Balaban J connectivity index is 1.67. The van der Waals surface area contributed by atoms with Gasteiger partial charge in [0, 0.05) is 11.6 Å². The summed E-state index contributed by atoms with van der Waals surface area (Å²) in [5.41, 5.74) is 1.34. The number of halogens is 1. The molecular formula is C19H17ClN2O4S. The normalized spacial score (nSPS) is 10.6. The number of carbonyl (C=O) groups excluding carboxylic acids is 2. The molecule has 0 saturated carbocycles. The van der Waals surface area contributed by atoms with Crippen molar-refractivity contribution in [1.82, 2.24) is 4.98 Å². The van der Waals surface area contributed by atoms with Crippen LogP contribution in [0.5, 0.6) is 5.75 Å². The predicted molar refractivity (Wildman–Crippen MR) is 106 cm³/mol. The van der Waals surface area contributed by atoms with E-state index in [1.807, 2.05) is 6.07 Å². The summed E-state index contributed by atoms with van der Waals surface area (Å²) in [7, 11) is 0. The molecule has 1 N–H and O–H groups in total. The molecule has 6 nitrogen and oxygen atoms in total. The van der Waals surface area contributed by atoms with Gasteiger partial charge in [-0.3, -0.25) is 9.78 Å². The van der Waals surface area contributed by atoms with Crippen molar-refractivity contribution in [1.29, 1.82) is 0 Å². The molecule has 0 aliphatic heterocycles. The number of ether oxygens (including phenoxy) is 2. The summed E-state index contributed by atoms with van der Waals surface area (Å²) >= 11 is 7.32. The number of anilines is 1. The summed E-state index contributed by atoms with van der Waals surface area (Å²) in [6, 6.07) is 8.73. The molecule has 0 radical (unpaired) electrons. The van der Waals surface area contributed by atoms with Gasteiger partial charge in [-0.1, -0.05) is 11.6 Å². The first-order valence-electron chi connectivity index (χ1n) is 8.23. The highest BCUT2D eigenvalue weighted by atomic mass is 35.5. The number of rotatable bonds is 6. The van der Waals surface area contributed by atoms with Crippen LogP contribution in [0.1, 0.15) is 22.2 Å². The number of thiophene rings is 1. The molecule has 0 atom stereocenters. The van der Waals surface area contributed by atoms with Gasteiger partial charge in [-0.15, -0.1) is 11.3 Å². The number of hydrogen-bond donors (Lipinski definition) is 1. The highest BCUT2D eigenvalue weighted by molar-refractivity contribution is 7.18. The van der Waals surface area contributed by atoms with Gasteiger partial charge < -0.3 is 14.8 Å². The Bertz CT molecular complexity index is 1000. The first-order valence-corrected chi connectivity index (χ1v) is 9.42. The number of esters is 1. The Labute approximate surface area is 165 Å². The smallest absolute Gasteiger partial charge is 0.348 e. The lowest BCUT2D eigenvalue weighted by molar-refractivity contribution is -0.118. The lowest BCUT2D eigenvalue weighted by Crippen LogP contribution is -2.19. The molecule has 0 fully saturated rings. The third kappa shape index (κ3) is 4.37. The summed E-state index contributed by atoms with van der Waals surface area (Å²) in [5, 5.41) is 4.61. The fourth-order valence-corrected chi connectivity index (χ4v) is 3.69. The Hall–Kier alpha value is -2.64. The van der Waals surface area contributed by atoms with Gasteiger partial charge in [-0.2, -0.15) is 0 Å². The first-order chi connectivity index (χ1) is 13.0. The van der Waals surface area contributed by atoms with Crippen LogP contribution in [-0.2, 0) is 9.53 Å². The molecule has 3 aromatic rings. The summed E-state index contributed by atoms with van der Waals surface area (Å²) in [4.78, 5) is 28.8. The molecule has 0 bridgehead atoms. The molecule has 140 valence electrons. The third-order valence-corrected chi connectivity index (χ3v) is 5.14. The van der Waals surface area contributed by atoms with Crippen LogP contribution >= 0.6 is 22.9 Å². The number of fused-ring (bicyclic) bond motifs is 1. The topological polar surface area (TPSA) is 77.5 Å². The maximum absolute atomic E-state index is 12.2. The van der Waals surface area contributed by atoms with Gasteiger partial charge in [0.05, 0.1) is 16.6 Å². The lowest BCUT2D eigenvalue weighted by Gasteiger charge is -2.09. The van der Waals surface area contributed by atoms with E-state index in [2.05, 4.69) is 10.3 Å². The van der Waals surface area contributed by atoms with E-state index >= 15 is 0 Å². The number of hydrogen-bond acceptors (Lipinski definition) is 6. The standard InChI is InChI=1S/C19H17ClN2O4S/c1-3-25-19(24)18-11(2)9-16(27-18)22-15(23)10-26-14-7-6-13(20)12-5-4-8-21-17(12)14/h4-9H,3,10H2,1-2H3,(H,22,23). The number of aryl methyl sites for hydroxylation is 1. The van der Waals surface area contributed by atoms with E-state index in [1.165, 1.54) is 11.3 Å². The minimum absolute atomic E-state index is 0.195. The van der Waals surface area contributed by atoms with Gasteiger partial charge in [-0.05, 0) is 49.7 Å². The SMILES string of the molecule is CCOC(=O)c1sc(NC(=O)COc2ccc(Cl)c3cccnc23)cc1C. The van der Waals surface area contributed by atoms with Gasteiger partial charge in [0.25, 0.3) is 5.91 Å². The van der Waals surface area contributed by atoms with E-state index in [0.717, 1.165) is 10.9 Å². The second kappa shape index (κ2) is 8.37. The highest BCUT2D eigenvalue weighted by Gasteiger charge is 2.16. The van der Waals surface area contributed by atoms with Crippen molar-refractivity contribution in [3.05, 3.63) is 52.0 Å². The fraction of sp³-hybridized carbons (Fsp3) is 0.211. The Morgan fingerprint density at radius 2 is 2.11 bits per heavy atom. The molecule has 0 spiro atoms. The van der Waals surface area contributed by atoms with Crippen LogP contribution < -0.4 is 10.1 Å². The van der Waals surface area contributed by atoms with Gasteiger partial charge in [0.15, 0.2) is 6.61 Å². The quantitative estimate of drug-likeness (QED) is 0.614. The van der Waals surface area contributed by atoms with Crippen molar-refractivity contribution in [2.45, 2.75) is 13.8 Å². The zero-order valence-electron chi connectivity index (χ0n) is 14.7. The van der Waals surface area contributed by atoms with Gasteiger partial charge in [0.1, 0.15) is 16.1 Å². The molecule has 1 aromatic carbocycles. The van der Waals surface area contributed by atoms with Crippen LogP contribution in [0.2, 0.25) is 5.02 Å². The molecule has 3 rings (SSSR count). The van der Waals surface area contributed by atoms with E-state index < -0.39 is 5.97 Å². The second-order valence-electron chi connectivity index (χ2n) is 5.63. The number of amides is 1. The van der Waals surface area contributed by atoms with Crippen molar-refractivity contribution in [2.75, 3.05) is 18.5 Å². The van der Waals surface area contributed by atoms with Gasteiger partial charge in [-0.25, -0.2) is 4.79 Å². The van der Waals surface area contributed by atoms with Crippen LogP contribution in [0.3, 0.4) is 0 Å². The van der Waals surface area contributed by atoms with Gasteiger partial charge in [0.2, 0.25) is 0 Å². The number of carbonyl (C=O) groups is 2. The molecule has 8 heteroatoms. The molecule has 0 aliphatic rings. The van der Waals surface area contributed by atoms with Crippen molar-refractivity contribution >= 4 is 50.7 Å². The molecule has 0 aliphatic carbocycles. The molecule has 0 saturated heterocycles. The molecule has 0 unspecified atom stereocenters. The average Bonchev–Trinajstić information content (AvgIpc) is 3.02. The van der Waals surface area contributed by atoms with Crippen LogP contribution in [-0.4, -0.2) is 30.1 Å². The van der Waals surface area contributed by atoms with Crippen molar-refractivity contribution in [3.8, 4) is 5.75 Å². The van der Waals surface area contributed by atoms with Crippen molar-refractivity contribution in [3.63, 3.8) is 0 Å². The van der Waals surface area contributed by atoms with Crippen LogP contribution in [0.4, 0.5) is 5.00 Å². The third-order valence-electron chi connectivity index (χ3n) is 3.68. The number of benzene rings is 1. The van der Waals surface area contributed by atoms with Crippen molar-refractivity contribution in [2.24, 2.45) is 0 Å². The van der Waals surface area contributed by atoms with Crippen LogP contribution in [0.25, 0.3) is 10.9 Å². The zero-order valence-corrected chi connectivity index (χ0v) is 16.3. The minimum atomic E-state index is -0.393. The van der Waals surface area contributed by atoms with E-state index in [1.54, 1.807) is 44.3 Å². The number of pyridine rings is 1. The molecular weight excluding hydrogens is 388 g/mol. The average molecular weight is 405 g/mol. The first kappa shape index (κ1) is 19.1. The maximum Gasteiger partial charge on any atom is 0.348 e. The molecule has 1 amide bonds. The molecule has 2 aromatic heterocycles. The lowest BCUT2D eigenvalue weighted by atomic mass is 10.2. The van der Waals surface area contributed by atoms with E-state index in [-0.39, 0.29) is 12.5 Å². The number of aromatic nitrogens is 1. The monoisotopic (exact) mass is 404 g/mol.